The first-order chi connectivity index (χ1) is 14.1. The van der Waals surface area contributed by atoms with Crippen LogP contribution in [0.2, 0.25) is 0 Å². The van der Waals surface area contributed by atoms with Gasteiger partial charge in [0.1, 0.15) is 0 Å². The molecule has 0 aliphatic rings. The van der Waals surface area contributed by atoms with Crippen LogP contribution in [0.3, 0.4) is 0 Å². The van der Waals surface area contributed by atoms with Crippen LogP contribution in [0, 0.1) is 0 Å². The fraction of sp³-hybridized carbons (Fsp3) is 0.222. The minimum absolute atomic E-state index is 0.0259. The van der Waals surface area contributed by atoms with Gasteiger partial charge < -0.3 is 11.1 Å². The van der Waals surface area contributed by atoms with E-state index in [1.807, 2.05) is 0 Å². The maximum Gasteiger partial charge on any atom is 0.444 e. The minimum Gasteiger partial charge on any atom is -0.359 e. The van der Waals surface area contributed by atoms with Crippen molar-refractivity contribution in [3.63, 3.8) is 0 Å². The molecule has 0 aromatic heterocycles. The zero-order valence-electron chi connectivity index (χ0n) is 16.0. The van der Waals surface area contributed by atoms with Crippen molar-refractivity contribution >= 4 is 51.9 Å². The van der Waals surface area contributed by atoms with E-state index in [0.717, 1.165) is 23.5 Å². The number of thioether (sulfide) groups is 2. The van der Waals surface area contributed by atoms with Crippen LogP contribution in [-0.2, 0) is 19.7 Å². The third-order valence-electron chi connectivity index (χ3n) is 3.96. The predicted molar refractivity (Wildman–Crippen MR) is 119 cm³/mol. The van der Waals surface area contributed by atoms with Crippen molar-refractivity contribution in [2.75, 3.05) is 0 Å². The predicted octanol–water partition coefficient (Wildman–Crippen LogP) is 3.35. The highest BCUT2D eigenvalue weighted by Gasteiger charge is 2.38. The van der Waals surface area contributed by atoms with E-state index in [1.54, 1.807) is 50.2 Å². The first-order valence-electron chi connectivity index (χ1n) is 8.52. The monoisotopic (exact) mass is 482 g/mol. The number of hydrogen-bond donors (Lipinski definition) is 0. The first kappa shape index (κ1) is 24.1. The Morgan fingerprint density at radius 1 is 0.700 bits per heavy atom. The van der Waals surface area contributed by atoms with Gasteiger partial charge in [-0.3, -0.25) is 0 Å². The lowest BCUT2D eigenvalue weighted by atomic mass is 10.4. The Labute approximate surface area is 183 Å². The van der Waals surface area contributed by atoms with E-state index >= 15 is 0 Å². The van der Waals surface area contributed by atoms with Gasteiger partial charge in [0.05, 0.1) is 9.79 Å². The number of sulfone groups is 2. The van der Waals surface area contributed by atoms with Crippen molar-refractivity contribution in [1.29, 1.82) is 0 Å². The van der Waals surface area contributed by atoms with Crippen molar-refractivity contribution in [3.8, 4) is 0 Å². The summed E-state index contributed by atoms with van der Waals surface area (Å²) in [7, 11) is -8.06. The molecular formula is C18H18N4O4S4. The number of benzene rings is 2. The lowest BCUT2D eigenvalue weighted by molar-refractivity contribution is 0.00416. The van der Waals surface area contributed by atoms with Crippen molar-refractivity contribution in [1.82, 2.24) is 0 Å². The summed E-state index contributed by atoms with van der Waals surface area (Å²) in [6, 6.07) is 15.0. The van der Waals surface area contributed by atoms with Gasteiger partial charge in [-0.15, -0.1) is 9.58 Å². The third-order valence-corrected chi connectivity index (χ3v) is 11.0. The summed E-state index contributed by atoms with van der Waals surface area (Å²) < 4.78 is 49.6. The van der Waals surface area contributed by atoms with E-state index in [9.17, 15) is 27.9 Å². The number of nitrogens with zero attached hydrogens (tertiary/aromatic N) is 4. The topological polar surface area (TPSA) is 141 Å². The molecule has 0 saturated carbocycles. The van der Waals surface area contributed by atoms with Crippen molar-refractivity contribution in [3.05, 3.63) is 71.7 Å². The van der Waals surface area contributed by atoms with E-state index in [0.29, 0.717) is 0 Å². The van der Waals surface area contributed by atoms with Gasteiger partial charge in [-0.1, -0.05) is 50.2 Å². The highest BCUT2D eigenvalue weighted by atomic mass is 32.3. The molecule has 8 nitrogen and oxygen atoms in total. The Hall–Kier alpha value is -2.20. The second-order valence-corrected chi connectivity index (χ2v) is 13.0. The van der Waals surface area contributed by atoms with Crippen LogP contribution in [-0.4, -0.2) is 45.7 Å². The molecule has 2 aromatic rings. The zero-order valence-corrected chi connectivity index (χ0v) is 19.2. The van der Waals surface area contributed by atoms with Crippen molar-refractivity contribution < 1.29 is 26.4 Å². The summed E-state index contributed by atoms with van der Waals surface area (Å²) >= 11 is 1.55. The highest BCUT2D eigenvalue weighted by Crippen LogP contribution is 2.31. The van der Waals surface area contributed by atoms with Gasteiger partial charge in [0, 0.05) is 10.5 Å². The second-order valence-electron chi connectivity index (χ2n) is 6.01. The molecule has 0 heterocycles. The molecule has 0 amide bonds. The molecule has 2 atom stereocenters. The lowest BCUT2D eigenvalue weighted by Crippen LogP contribution is -2.24. The molecule has 0 bridgehead atoms. The molecule has 0 aliphatic carbocycles. The maximum absolute atomic E-state index is 12.7. The smallest absolute Gasteiger partial charge is 0.359 e. The molecule has 0 saturated heterocycles. The average molecular weight is 483 g/mol. The van der Waals surface area contributed by atoms with Gasteiger partial charge in [-0.05, 0) is 47.8 Å². The van der Waals surface area contributed by atoms with Crippen LogP contribution in [0.5, 0.6) is 0 Å². The molecule has 0 aliphatic heterocycles. The van der Waals surface area contributed by atoms with Gasteiger partial charge in [0.25, 0.3) is 19.7 Å². The van der Waals surface area contributed by atoms with E-state index in [4.69, 9.17) is 0 Å². The third kappa shape index (κ3) is 5.48. The second kappa shape index (κ2) is 10.2. The molecule has 0 spiro atoms. The molecule has 158 valence electrons. The molecule has 0 radical (unpaired) electrons. The Kier molecular flexibility index (Phi) is 8.19. The maximum atomic E-state index is 12.7. The Morgan fingerprint density at radius 2 is 1.00 bits per heavy atom. The number of hydrogen-bond acceptors (Lipinski definition) is 6. The molecule has 12 heteroatoms. The SMILES string of the molecule is CC(SC(=[N+]=[N-])S(=O)(=O)c1ccccc1)C(C)SC(=[N+]=[N-])S(=O)(=O)c1ccccc1. The standard InChI is InChI=1S/C18H18N4O4S4/c1-13(27-17(21-19)29(23,24)15-9-5-3-6-10-15)14(2)28-18(22-20)30(25,26)16-11-7-4-8-12-16/h3-14H,1-2H3. The average Bonchev–Trinajstić information content (AvgIpc) is 2.76. The Bertz CT molecular complexity index is 1110. The van der Waals surface area contributed by atoms with Gasteiger partial charge in [-0.25, -0.2) is 16.8 Å². The quantitative estimate of drug-likeness (QED) is 0.277. The summed E-state index contributed by atoms with van der Waals surface area (Å²) in [6.07, 6.45) is 0. The van der Waals surface area contributed by atoms with Crippen LogP contribution in [0.25, 0.3) is 11.1 Å². The molecule has 2 rings (SSSR count). The molecule has 0 fully saturated rings. The molecular weight excluding hydrogens is 464 g/mol. The fourth-order valence-corrected chi connectivity index (χ4v) is 7.79. The van der Waals surface area contributed by atoms with Gasteiger partial charge in [-0.2, -0.15) is 0 Å². The van der Waals surface area contributed by atoms with Crippen LogP contribution in [0.4, 0.5) is 0 Å². The summed E-state index contributed by atoms with van der Waals surface area (Å²) in [5.41, 5.74) is 18.6. The van der Waals surface area contributed by atoms with Crippen LogP contribution in [0.15, 0.2) is 70.5 Å². The van der Waals surface area contributed by atoms with Gasteiger partial charge >= 0.3 is 8.75 Å². The van der Waals surface area contributed by atoms with E-state index < -0.39 is 38.9 Å². The Morgan fingerprint density at radius 3 is 1.27 bits per heavy atom. The molecule has 2 aromatic carbocycles. The van der Waals surface area contributed by atoms with Crippen molar-refractivity contribution in [2.24, 2.45) is 0 Å². The molecule has 2 unspecified atom stereocenters. The van der Waals surface area contributed by atoms with Crippen molar-refractivity contribution in [2.45, 2.75) is 34.1 Å². The normalized spacial score (nSPS) is 13.5. The van der Waals surface area contributed by atoms with E-state index in [1.165, 1.54) is 24.3 Å². The fourth-order valence-electron chi connectivity index (χ4n) is 2.19. The molecule has 0 N–H and O–H groups in total. The lowest BCUT2D eigenvalue weighted by Gasteiger charge is -2.14. The molecule has 30 heavy (non-hydrogen) atoms. The van der Waals surface area contributed by atoms with Crippen LogP contribution >= 0.6 is 23.5 Å². The first-order valence-corrected chi connectivity index (χ1v) is 13.2. The van der Waals surface area contributed by atoms with Gasteiger partial charge in [0.15, 0.2) is 0 Å². The summed E-state index contributed by atoms with van der Waals surface area (Å²) in [5, 5.41) is -1.02. The van der Waals surface area contributed by atoms with E-state index in [2.05, 4.69) is 9.58 Å². The summed E-state index contributed by atoms with van der Waals surface area (Å²) in [5.74, 6) is 0. The Balaban J connectivity index is 2.20. The summed E-state index contributed by atoms with van der Waals surface area (Å²) in [6.45, 7) is 3.30. The van der Waals surface area contributed by atoms with Crippen LogP contribution < -0.4 is 0 Å². The highest BCUT2D eigenvalue weighted by molar-refractivity contribution is 8.37. The zero-order chi connectivity index (χ0) is 22.4. The largest absolute Gasteiger partial charge is 0.444 e. The van der Waals surface area contributed by atoms with E-state index in [-0.39, 0.29) is 9.79 Å². The van der Waals surface area contributed by atoms with Gasteiger partial charge in [0.2, 0.25) is 0 Å². The number of rotatable bonds is 5. The summed E-state index contributed by atoms with van der Waals surface area (Å²) in [4.78, 5) is 5.83. The minimum atomic E-state index is -4.03. The van der Waals surface area contributed by atoms with Crippen LogP contribution in [0.1, 0.15) is 13.8 Å².